The van der Waals surface area contributed by atoms with Gasteiger partial charge >= 0.3 is 0 Å². The minimum absolute atomic E-state index is 0.133. The van der Waals surface area contributed by atoms with Crippen molar-refractivity contribution in [1.29, 1.82) is 0 Å². The molecule has 0 radical (unpaired) electrons. The molecule has 0 aliphatic heterocycles. The predicted octanol–water partition coefficient (Wildman–Crippen LogP) is 4.15. The molecule has 1 fully saturated rings. The van der Waals surface area contributed by atoms with Gasteiger partial charge in [0.2, 0.25) is 0 Å². The van der Waals surface area contributed by atoms with Crippen molar-refractivity contribution in [2.45, 2.75) is 46.5 Å². The molecule has 0 aromatic rings. The fraction of sp³-hybridized carbons (Fsp3) is 0.688. The fourth-order valence-corrected chi connectivity index (χ4v) is 3.90. The molecule has 1 saturated carbocycles. The van der Waals surface area contributed by atoms with E-state index < -0.39 is 0 Å². The Hall–Kier alpha value is -0.850. The number of hydrogen-bond donors (Lipinski definition) is 0. The van der Waals surface area contributed by atoms with E-state index in [9.17, 15) is 4.79 Å². The maximum absolute atomic E-state index is 11.9. The van der Waals surface area contributed by atoms with E-state index in [-0.39, 0.29) is 11.3 Å². The standard InChI is InChI=1S/C16H24O/c1-5-14-7-6-13(11(2)3)10-16(14)9-8-15(17)12(16)4/h8-9,12-14H,2,5-7,10H2,1,3-4H3/t12?,13-,14-,16+/m0/s1. The highest BCUT2D eigenvalue weighted by Crippen LogP contribution is 2.54. The topological polar surface area (TPSA) is 17.1 Å². The number of allylic oxidation sites excluding steroid dienone is 3. The van der Waals surface area contributed by atoms with Crippen molar-refractivity contribution in [2.24, 2.45) is 23.2 Å². The highest BCUT2D eigenvalue weighted by molar-refractivity contribution is 5.95. The summed E-state index contributed by atoms with van der Waals surface area (Å²) < 4.78 is 0. The third-order valence-corrected chi connectivity index (χ3v) is 5.20. The first-order valence-electron chi connectivity index (χ1n) is 6.89. The van der Waals surface area contributed by atoms with Gasteiger partial charge in [-0.05, 0) is 44.1 Å². The van der Waals surface area contributed by atoms with Crippen LogP contribution in [0.5, 0.6) is 0 Å². The summed E-state index contributed by atoms with van der Waals surface area (Å²) in [7, 11) is 0. The molecule has 2 aliphatic carbocycles. The minimum Gasteiger partial charge on any atom is -0.295 e. The maximum atomic E-state index is 11.9. The summed E-state index contributed by atoms with van der Waals surface area (Å²) in [5.41, 5.74) is 1.42. The van der Waals surface area contributed by atoms with Crippen molar-refractivity contribution >= 4 is 5.78 Å². The van der Waals surface area contributed by atoms with Crippen molar-refractivity contribution < 1.29 is 4.79 Å². The monoisotopic (exact) mass is 232 g/mol. The molecule has 1 nitrogen and oxygen atoms in total. The van der Waals surface area contributed by atoms with Crippen LogP contribution in [0, 0.1) is 23.2 Å². The van der Waals surface area contributed by atoms with Crippen LogP contribution in [0.25, 0.3) is 0 Å². The number of carbonyl (C=O) groups is 1. The highest BCUT2D eigenvalue weighted by Gasteiger charge is 2.49. The van der Waals surface area contributed by atoms with Crippen LogP contribution < -0.4 is 0 Å². The second-order valence-electron chi connectivity index (χ2n) is 6.00. The molecule has 0 aromatic heterocycles. The van der Waals surface area contributed by atoms with E-state index in [1.54, 1.807) is 0 Å². The lowest BCUT2D eigenvalue weighted by Gasteiger charge is -2.46. The molecule has 1 heteroatoms. The molecule has 2 rings (SSSR count). The Morgan fingerprint density at radius 1 is 1.53 bits per heavy atom. The lowest BCUT2D eigenvalue weighted by atomic mass is 9.57. The van der Waals surface area contributed by atoms with Crippen LogP contribution in [0.4, 0.5) is 0 Å². The molecule has 17 heavy (non-hydrogen) atoms. The van der Waals surface area contributed by atoms with E-state index in [1.165, 1.54) is 24.8 Å². The summed E-state index contributed by atoms with van der Waals surface area (Å²) >= 11 is 0. The van der Waals surface area contributed by atoms with Crippen LogP contribution in [0.2, 0.25) is 0 Å². The first-order valence-corrected chi connectivity index (χ1v) is 6.89. The Balaban J connectivity index is 2.30. The van der Waals surface area contributed by atoms with E-state index in [2.05, 4.69) is 33.4 Å². The zero-order valence-electron chi connectivity index (χ0n) is 11.3. The molecule has 0 N–H and O–H groups in total. The van der Waals surface area contributed by atoms with Gasteiger partial charge in [0.25, 0.3) is 0 Å². The zero-order chi connectivity index (χ0) is 12.6. The summed E-state index contributed by atoms with van der Waals surface area (Å²) in [6.45, 7) is 10.6. The molecule has 1 unspecified atom stereocenters. The van der Waals surface area contributed by atoms with Crippen LogP contribution in [0.15, 0.2) is 24.3 Å². The molecule has 0 saturated heterocycles. The molecule has 0 heterocycles. The van der Waals surface area contributed by atoms with Gasteiger partial charge in [-0.3, -0.25) is 4.79 Å². The van der Waals surface area contributed by atoms with Gasteiger partial charge in [0.1, 0.15) is 0 Å². The first kappa shape index (κ1) is 12.6. The lowest BCUT2D eigenvalue weighted by molar-refractivity contribution is -0.121. The van der Waals surface area contributed by atoms with E-state index in [0.29, 0.717) is 17.6 Å². The number of hydrogen-bond acceptors (Lipinski definition) is 1. The largest absolute Gasteiger partial charge is 0.295 e. The Kier molecular flexibility index (Phi) is 3.29. The third-order valence-electron chi connectivity index (χ3n) is 5.20. The van der Waals surface area contributed by atoms with Crippen LogP contribution in [-0.4, -0.2) is 5.78 Å². The number of carbonyl (C=O) groups excluding carboxylic acids is 1. The summed E-state index contributed by atoms with van der Waals surface area (Å²) in [6, 6.07) is 0. The Morgan fingerprint density at radius 2 is 2.24 bits per heavy atom. The van der Waals surface area contributed by atoms with Gasteiger partial charge in [-0.2, -0.15) is 0 Å². The molecule has 2 aliphatic rings. The average molecular weight is 232 g/mol. The van der Waals surface area contributed by atoms with E-state index in [4.69, 9.17) is 0 Å². The quantitative estimate of drug-likeness (QED) is 0.654. The second-order valence-corrected chi connectivity index (χ2v) is 6.00. The van der Waals surface area contributed by atoms with Gasteiger partial charge < -0.3 is 0 Å². The van der Waals surface area contributed by atoms with Crippen molar-refractivity contribution in [3.63, 3.8) is 0 Å². The van der Waals surface area contributed by atoms with E-state index in [1.807, 2.05) is 6.08 Å². The molecule has 0 amide bonds. The SMILES string of the molecule is C=C(C)[C@H]1CC[C@H](CC)[C@]2(C=CC(=O)C2C)C1. The highest BCUT2D eigenvalue weighted by atomic mass is 16.1. The molecule has 0 aromatic carbocycles. The smallest absolute Gasteiger partial charge is 0.159 e. The molecule has 4 atom stereocenters. The summed E-state index contributed by atoms with van der Waals surface area (Å²) in [5, 5.41) is 0. The lowest BCUT2D eigenvalue weighted by Crippen LogP contribution is -2.40. The molecular formula is C16H24O. The predicted molar refractivity (Wildman–Crippen MR) is 71.7 cm³/mol. The maximum Gasteiger partial charge on any atom is 0.159 e. The van der Waals surface area contributed by atoms with Gasteiger partial charge in [0, 0.05) is 11.3 Å². The Morgan fingerprint density at radius 3 is 2.71 bits per heavy atom. The van der Waals surface area contributed by atoms with E-state index in [0.717, 1.165) is 6.42 Å². The van der Waals surface area contributed by atoms with E-state index >= 15 is 0 Å². The van der Waals surface area contributed by atoms with Crippen molar-refractivity contribution in [2.75, 3.05) is 0 Å². The van der Waals surface area contributed by atoms with Crippen LogP contribution >= 0.6 is 0 Å². The van der Waals surface area contributed by atoms with Gasteiger partial charge in [0.15, 0.2) is 5.78 Å². The normalized spacial score (nSPS) is 41.1. The van der Waals surface area contributed by atoms with Gasteiger partial charge in [0.05, 0.1) is 0 Å². The third kappa shape index (κ3) is 1.90. The number of rotatable bonds is 2. The van der Waals surface area contributed by atoms with Gasteiger partial charge in [-0.1, -0.05) is 38.5 Å². The second kappa shape index (κ2) is 4.44. The zero-order valence-corrected chi connectivity index (χ0v) is 11.3. The fourth-order valence-electron chi connectivity index (χ4n) is 3.90. The van der Waals surface area contributed by atoms with Crippen molar-refractivity contribution in [3.8, 4) is 0 Å². The van der Waals surface area contributed by atoms with Crippen LogP contribution in [0.1, 0.15) is 46.5 Å². The summed E-state index contributed by atoms with van der Waals surface area (Å²) in [6.07, 6.45) is 8.87. The first-order chi connectivity index (χ1) is 8.01. The van der Waals surface area contributed by atoms with Crippen molar-refractivity contribution in [1.82, 2.24) is 0 Å². The Bertz CT molecular complexity index is 366. The molecule has 0 bridgehead atoms. The average Bonchev–Trinajstić information content (AvgIpc) is 2.58. The Labute approximate surface area is 105 Å². The number of ketones is 1. The molecule has 1 spiro atoms. The minimum atomic E-state index is 0.133. The molecule has 94 valence electrons. The van der Waals surface area contributed by atoms with Crippen molar-refractivity contribution in [3.05, 3.63) is 24.3 Å². The van der Waals surface area contributed by atoms with Gasteiger partial charge in [-0.15, -0.1) is 0 Å². The van der Waals surface area contributed by atoms with Crippen LogP contribution in [0.3, 0.4) is 0 Å². The van der Waals surface area contributed by atoms with Crippen LogP contribution in [-0.2, 0) is 4.79 Å². The summed E-state index contributed by atoms with van der Waals surface area (Å²) in [5.74, 6) is 1.78. The van der Waals surface area contributed by atoms with Gasteiger partial charge in [-0.25, -0.2) is 0 Å². The summed E-state index contributed by atoms with van der Waals surface area (Å²) in [4.78, 5) is 11.9. The molecular weight excluding hydrogens is 208 g/mol.